The monoisotopic (exact) mass is 525 g/mol. The number of likely N-dealkylation sites (N-methyl/N-ethyl adjacent to an activating group) is 1. The zero-order valence-corrected chi connectivity index (χ0v) is 22.8. The van der Waals surface area contributed by atoms with Crippen molar-refractivity contribution < 1.29 is 19.4 Å². The van der Waals surface area contributed by atoms with Gasteiger partial charge in [-0.3, -0.25) is 14.5 Å². The van der Waals surface area contributed by atoms with E-state index in [0.717, 1.165) is 58.0 Å². The van der Waals surface area contributed by atoms with Gasteiger partial charge in [-0.2, -0.15) is 0 Å². The molecule has 0 aromatic carbocycles. The zero-order valence-electron chi connectivity index (χ0n) is 21.2. The lowest BCUT2D eigenvalue weighted by Gasteiger charge is -2.63. The minimum absolute atomic E-state index is 0.0338. The molecule has 0 aromatic rings. The van der Waals surface area contributed by atoms with Gasteiger partial charge in [-0.1, -0.05) is 43.6 Å². The molecule has 0 aromatic heterocycles. The van der Waals surface area contributed by atoms with Gasteiger partial charge >= 0.3 is 5.97 Å². The molecule has 4 aliphatic carbocycles. The second-order valence-corrected chi connectivity index (χ2v) is 13.2. The lowest BCUT2D eigenvalue weighted by atomic mass is 9.43. The molecule has 188 valence electrons. The molecule has 6 heteroatoms. The van der Waals surface area contributed by atoms with Gasteiger partial charge in [0.05, 0.1) is 12.6 Å². The van der Waals surface area contributed by atoms with Crippen LogP contribution in [0.15, 0.2) is 0 Å². The van der Waals surface area contributed by atoms with Crippen LogP contribution in [0, 0.1) is 40.4 Å². The molecule has 4 fully saturated rings. The van der Waals surface area contributed by atoms with Crippen LogP contribution in [0.3, 0.4) is 0 Å². The third-order valence-electron chi connectivity index (χ3n) is 10.6. The predicted molar refractivity (Wildman–Crippen MR) is 133 cm³/mol. The number of hydrogen-bond acceptors (Lipinski definition) is 5. The molecule has 1 N–H and O–H groups in total. The van der Waals surface area contributed by atoms with Crippen molar-refractivity contribution in [3.8, 4) is 0 Å². The average Bonchev–Trinajstić information content (AvgIpc) is 3.09. The van der Waals surface area contributed by atoms with Crippen molar-refractivity contribution in [3.63, 3.8) is 0 Å². The van der Waals surface area contributed by atoms with Crippen LogP contribution in [-0.2, 0) is 14.3 Å². The highest BCUT2D eigenvalue weighted by atomic mass is 79.9. The first-order valence-electron chi connectivity index (χ1n) is 13.3. The Morgan fingerprint density at radius 3 is 2.39 bits per heavy atom. The molecule has 4 rings (SSSR count). The number of fused-ring (bicyclic) bond motifs is 5. The van der Waals surface area contributed by atoms with E-state index in [4.69, 9.17) is 4.74 Å². The number of Topliss-reactive ketones (excluding diaryl/α,β-unsaturated/α-hetero) is 1. The van der Waals surface area contributed by atoms with Gasteiger partial charge in [0, 0.05) is 16.7 Å². The summed E-state index contributed by atoms with van der Waals surface area (Å²) >= 11 is 3.78. The maximum absolute atomic E-state index is 13.1. The number of ether oxygens (including phenoxy) is 1. The molecular weight excluding hydrogens is 482 g/mol. The van der Waals surface area contributed by atoms with Crippen LogP contribution >= 0.6 is 15.9 Å². The molecule has 4 aliphatic rings. The van der Waals surface area contributed by atoms with Crippen molar-refractivity contribution in [1.29, 1.82) is 0 Å². The number of halogens is 1. The molecule has 4 saturated carbocycles. The van der Waals surface area contributed by atoms with Crippen LogP contribution in [-0.4, -0.2) is 58.4 Å². The fourth-order valence-electron chi connectivity index (χ4n) is 8.94. The van der Waals surface area contributed by atoms with Crippen LogP contribution in [0.25, 0.3) is 0 Å². The highest BCUT2D eigenvalue weighted by Gasteiger charge is 2.65. The van der Waals surface area contributed by atoms with E-state index in [1.54, 1.807) is 6.92 Å². The van der Waals surface area contributed by atoms with E-state index in [-0.39, 0.29) is 39.8 Å². The molecule has 5 nitrogen and oxygen atoms in total. The number of hydrogen-bond donors (Lipinski definition) is 1. The summed E-state index contributed by atoms with van der Waals surface area (Å²) in [5.74, 6) is 2.01. The Balaban J connectivity index is 1.68. The summed E-state index contributed by atoms with van der Waals surface area (Å²) in [6.07, 6.45) is 6.43. The number of ketones is 1. The molecule has 0 aliphatic heterocycles. The van der Waals surface area contributed by atoms with E-state index in [9.17, 15) is 14.7 Å². The number of aliphatic hydroxyl groups is 1. The molecule has 4 unspecified atom stereocenters. The van der Waals surface area contributed by atoms with E-state index in [1.165, 1.54) is 0 Å². The Hall–Kier alpha value is -0.460. The summed E-state index contributed by atoms with van der Waals surface area (Å²) in [7, 11) is 0. The summed E-state index contributed by atoms with van der Waals surface area (Å²) in [6.45, 7) is 12.6. The van der Waals surface area contributed by atoms with Crippen molar-refractivity contribution in [2.24, 2.45) is 40.4 Å². The van der Waals surface area contributed by atoms with E-state index < -0.39 is 0 Å². The van der Waals surface area contributed by atoms with Crippen LogP contribution in [0.4, 0.5) is 0 Å². The van der Waals surface area contributed by atoms with Crippen LogP contribution < -0.4 is 0 Å². The van der Waals surface area contributed by atoms with Gasteiger partial charge in [0.2, 0.25) is 0 Å². The van der Waals surface area contributed by atoms with E-state index >= 15 is 0 Å². The van der Waals surface area contributed by atoms with Crippen molar-refractivity contribution in [3.05, 3.63) is 0 Å². The number of carbonyl (C=O) groups is 2. The van der Waals surface area contributed by atoms with Crippen LogP contribution in [0.1, 0.15) is 79.6 Å². The SMILES string of the molecule is CCN(CC)CC(=O)OC1C[C@]2(C)[C@@H](C(C)=O)CC[C@H]2[C@@H]2CCC3CC(O)C(Br)C[C@]3(C)[C@@H]12. The third-order valence-corrected chi connectivity index (χ3v) is 11.5. The minimum atomic E-state index is -0.300. The standard InChI is InChI=1S/C27H44BrNO4/c1-6-29(7-2)15-24(32)33-23-14-27(5)19(16(3)30)10-11-20(27)18-9-8-17-12-22(31)21(28)13-26(17,4)25(18)23/h17-23,25,31H,6-15H2,1-5H3/t17?,18-,19+,20-,21?,22?,23?,25+,26-,27+/m0/s1. The van der Waals surface area contributed by atoms with Crippen molar-refractivity contribution in [2.75, 3.05) is 19.6 Å². The van der Waals surface area contributed by atoms with Gasteiger partial charge in [-0.05, 0) is 93.5 Å². The summed E-state index contributed by atoms with van der Waals surface area (Å²) < 4.78 is 6.40. The lowest BCUT2D eigenvalue weighted by Crippen LogP contribution is -2.61. The molecule has 33 heavy (non-hydrogen) atoms. The maximum atomic E-state index is 13.1. The second kappa shape index (κ2) is 9.54. The molecule has 10 atom stereocenters. The Kier molecular flexibility index (Phi) is 7.41. The Labute approximate surface area is 208 Å². The molecule has 0 radical (unpaired) electrons. The summed E-state index contributed by atoms with van der Waals surface area (Å²) in [5.41, 5.74) is -0.0512. The largest absolute Gasteiger partial charge is 0.461 e. The number of alkyl halides is 1. The van der Waals surface area contributed by atoms with Gasteiger partial charge < -0.3 is 9.84 Å². The van der Waals surface area contributed by atoms with E-state index in [2.05, 4.69) is 48.5 Å². The van der Waals surface area contributed by atoms with E-state index in [1.807, 2.05) is 0 Å². The molecule has 0 amide bonds. The Morgan fingerprint density at radius 2 is 1.76 bits per heavy atom. The number of carbonyl (C=O) groups excluding carboxylic acids is 2. The maximum Gasteiger partial charge on any atom is 0.320 e. The summed E-state index contributed by atoms with van der Waals surface area (Å²) in [5, 5.41) is 10.6. The normalized spacial score (nSPS) is 46.9. The first-order chi connectivity index (χ1) is 15.5. The van der Waals surface area contributed by atoms with Crippen molar-refractivity contribution >= 4 is 27.7 Å². The molecule has 0 spiro atoms. The van der Waals surface area contributed by atoms with Crippen molar-refractivity contribution in [2.45, 2.75) is 96.6 Å². The highest BCUT2D eigenvalue weighted by Crippen LogP contribution is 2.68. The summed E-state index contributed by atoms with van der Waals surface area (Å²) in [6, 6.07) is 0. The smallest absolute Gasteiger partial charge is 0.320 e. The first-order valence-corrected chi connectivity index (χ1v) is 14.2. The zero-order chi connectivity index (χ0) is 24.1. The highest BCUT2D eigenvalue weighted by molar-refractivity contribution is 9.09. The minimum Gasteiger partial charge on any atom is -0.461 e. The lowest BCUT2D eigenvalue weighted by molar-refractivity contribution is -0.198. The van der Waals surface area contributed by atoms with E-state index in [0.29, 0.717) is 36.0 Å². The van der Waals surface area contributed by atoms with Gasteiger partial charge in [-0.15, -0.1) is 0 Å². The number of rotatable bonds is 6. The van der Waals surface area contributed by atoms with Gasteiger partial charge in [0.25, 0.3) is 0 Å². The quantitative estimate of drug-likeness (QED) is 0.397. The number of nitrogens with zero attached hydrogens (tertiary/aromatic N) is 1. The topological polar surface area (TPSA) is 66.8 Å². The van der Waals surface area contributed by atoms with Crippen LogP contribution in [0.2, 0.25) is 0 Å². The fourth-order valence-corrected chi connectivity index (χ4v) is 9.85. The fraction of sp³-hybridized carbons (Fsp3) is 0.926. The number of esters is 1. The van der Waals surface area contributed by atoms with Gasteiger partial charge in [0.1, 0.15) is 11.9 Å². The predicted octanol–water partition coefficient (Wildman–Crippen LogP) is 4.83. The van der Waals surface area contributed by atoms with Gasteiger partial charge in [0.15, 0.2) is 0 Å². The second-order valence-electron chi connectivity index (χ2n) is 12.0. The first kappa shape index (κ1) is 25.6. The van der Waals surface area contributed by atoms with Crippen molar-refractivity contribution in [1.82, 2.24) is 4.90 Å². The number of aliphatic hydroxyl groups excluding tert-OH is 1. The third kappa shape index (κ3) is 4.35. The average molecular weight is 527 g/mol. The van der Waals surface area contributed by atoms with Crippen LogP contribution in [0.5, 0.6) is 0 Å². The molecule has 0 bridgehead atoms. The molecule has 0 heterocycles. The van der Waals surface area contributed by atoms with Gasteiger partial charge in [-0.25, -0.2) is 0 Å². The Morgan fingerprint density at radius 1 is 1.06 bits per heavy atom. The molecular formula is C27H44BrNO4. The molecule has 0 saturated heterocycles. The Bertz CT molecular complexity index is 756. The summed E-state index contributed by atoms with van der Waals surface area (Å²) in [4.78, 5) is 28.0.